The minimum absolute atomic E-state index is 0.00263. The second kappa shape index (κ2) is 9.11. The Kier molecular flexibility index (Phi) is 7.44. The van der Waals surface area contributed by atoms with Crippen LogP contribution in [-0.2, 0) is 4.74 Å². The molecule has 0 bridgehead atoms. The van der Waals surface area contributed by atoms with Gasteiger partial charge in [-0.3, -0.25) is 4.79 Å². The van der Waals surface area contributed by atoms with Gasteiger partial charge in [0.05, 0.1) is 18.7 Å². The highest BCUT2D eigenvalue weighted by atomic mass is 19.1. The SMILES string of the molecule is CC(C)COCCNC(=O)c1ccc(C#CCN)cc1F. The highest BCUT2D eigenvalue weighted by Gasteiger charge is 2.11. The Hall–Kier alpha value is -1.90. The van der Waals surface area contributed by atoms with Gasteiger partial charge in [-0.05, 0) is 24.1 Å². The van der Waals surface area contributed by atoms with Crippen LogP contribution in [0.1, 0.15) is 29.8 Å². The third-order valence-electron chi connectivity index (χ3n) is 2.53. The second-order valence-electron chi connectivity index (χ2n) is 4.93. The Bertz CT molecular complexity index is 533. The first-order valence-electron chi connectivity index (χ1n) is 6.89. The number of nitrogens with two attached hydrogens (primary N) is 1. The zero-order chi connectivity index (χ0) is 15.7. The van der Waals surface area contributed by atoms with Crippen LogP contribution in [0.25, 0.3) is 0 Å². The molecule has 1 aromatic carbocycles. The summed E-state index contributed by atoms with van der Waals surface area (Å²) in [6, 6.07) is 4.24. The van der Waals surface area contributed by atoms with Gasteiger partial charge in [-0.2, -0.15) is 0 Å². The normalized spacial score (nSPS) is 10.1. The Morgan fingerprint density at radius 2 is 2.24 bits per heavy atom. The predicted molar refractivity (Wildman–Crippen MR) is 80.3 cm³/mol. The molecule has 1 amide bonds. The minimum atomic E-state index is -0.598. The molecule has 0 saturated carbocycles. The molecule has 0 aliphatic rings. The molecule has 0 heterocycles. The minimum Gasteiger partial charge on any atom is -0.379 e. The summed E-state index contributed by atoms with van der Waals surface area (Å²) >= 11 is 0. The number of ether oxygens (including phenoxy) is 1. The monoisotopic (exact) mass is 292 g/mol. The molecule has 0 aliphatic carbocycles. The number of carbonyl (C=O) groups is 1. The molecule has 0 saturated heterocycles. The van der Waals surface area contributed by atoms with Crippen molar-refractivity contribution >= 4 is 5.91 Å². The molecule has 0 atom stereocenters. The van der Waals surface area contributed by atoms with Gasteiger partial charge in [0.15, 0.2) is 0 Å². The lowest BCUT2D eigenvalue weighted by molar-refractivity contribution is 0.0883. The largest absolute Gasteiger partial charge is 0.379 e. The van der Waals surface area contributed by atoms with Crippen molar-refractivity contribution in [1.82, 2.24) is 5.32 Å². The lowest BCUT2D eigenvalue weighted by atomic mass is 10.1. The van der Waals surface area contributed by atoms with E-state index in [0.717, 1.165) is 0 Å². The fourth-order valence-electron chi connectivity index (χ4n) is 1.58. The summed E-state index contributed by atoms with van der Waals surface area (Å²) in [5.74, 6) is 4.73. The summed E-state index contributed by atoms with van der Waals surface area (Å²) in [7, 11) is 0. The molecule has 0 unspecified atom stereocenters. The van der Waals surface area contributed by atoms with Gasteiger partial charge in [0.25, 0.3) is 5.91 Å². The van der Waals surface area contributed by atoms with Gasteiger partial charge in [0, 0.05) is 18.7 Å². The van der Waals surface area contributed by atoms with E-state index in [9.17, 15) is 9.18 Å². The van der Waals surface area contributed by atoms with E-state index in [-0.39, 0.29) is 12.1 Å². The lowest BCUT2D eigenvalue weighted by Crippen LogP contribution is -2.28. The van der Waals surface area contributed by atoms with Crippen LogP contribution >= 0.6 is 0 Å². The standard InChI is InChI=1S/C16H21FN2O2/c1-12(2)11-21-9-8-19-16(20)14-6-5-13(4-3-7-18)10-15(14)17/h5-6,10,12H,7-9,11,18H2,1-2H3,(H,19,20). The Balaban J connectivity index is 2.51. The zero-order valence-corrected chi connectivity index (χ0v) is 12.4. The molecule has 0 radical (unpaired) electrons. The topological polar surface area (TPSA) is 64.3 Å². The van der Waals surface area contributed by atoms with Crippen LogP contribution in [0.15, 0.2) is 18.2 Å². The summed E-state index contributed by atoms with van der Waals surface area (Å²) in [5.41, 5.74) is 5.74. The number of halogens is 1. The van der Waals surface area contributed by atoms with Crippen LogP contribution < -0.4 is 11.1 Å². The van der Waals surface area contributed by atoms with Crippen LogP contribution in [0.3, 0.4) is 0 Å². The molecular formula is C16H21FN2O2. The van der Waals surface area contributed by atoms with Crippen molar-refractivity contribution in [3.8, 4) is 11.8 Å². The first-order valence-corrected chi connectivity index (χ1v) is 6.89. The molecule has 0 aromatic heterocycles. The average molecular weight is 292 g/mol. The maximum absolute atomic E-state index is 13.8. The van der Waals surface area contributed by atoms with E-state index >= 15 is 0 Å². The number of nitrogens with one attached hydrogen (secondary N) is 1. The number of benzene rings is 1. The maximum atomic E-state index is 13.8. The van der Waals surface area contributed by atoms with Crippen LogP contribution in [-0.4, -0.2) is 32.2 Å². The van der Waals surface area contributed by atoms with Crippen LogP contribution in [0, 0.1) is 23.6 Å². The third-order valence-corrected chi connectivity index (χ3v) is 2.53. The van der Waals surface area contributed by atoms with E-state index < -0.39 is 11.7 Å². The predicted octanol–water partition coefficient (Wildman–Crippen LogP) is 1.54. The first kappa shape index (κ1) is 17.2. The Morgan fingerprint density at radius 3 is 2.86 bits per heavy atom. The molecule has 0 aliphatic heterocycles. The van der Waals surface area contributed by atoms with Crippen LogP contribution in [0.4, 0.5) is 4.39 Å². The zero-order valence-electron chi connectivity index (χ0n) is 12.4. The molecule has 0 spiro atoms. The number of carbonyl (C=O) groups excluding carboxylic acids is 1. The fourth-order valence-corrected chi connectivity index (χ4v) is 1.58. The van der Waals surface area contributed by atoms with E-state index in [2.05, 4.69) is 17.2 Å². The van der Waals surface area contributed by atoms with Crippen molar-refractivity contribution in [3.63, 3.8) is 0 Å². The van der Waals surface area contributed by atoms with Gasteiger partial charge in [-0.25, -0.2) is 4.39 Å². The van der Waals surface area contributed by atoms with Gasteiger partial charge in [0.2, 0.25) is 0 Å². The lowest BCUT2D eigenvalue weighted by Gasteiger charge is -2.08. The smallest absolute Gasteiger partial charge is 0.254 e. The van der Waals surface area contributed by atoms with Crippen LogP contribution in [0.5, 0.6) is 0 Å². The fraction of sp³-hybridized carbons (Fsp3) is 0.438. The highest BCUT2D eigenvalue weighted by molar-refractivity contribution is 5.94. The van der Waals surface area contributed by atoms with E-state index in [1.54, 1.807) is 6.07 Å². The second-order valence-corrected chi connectivity index (χ2v) is 4.93. The van der Waals surface area contributed by atoms with E-state index in [1.165, 1.54) is 12.1 Å². The molecule has 5 heteroatoms. The third kappa shape index (κ3) is 6.39. The average Bonchev–Trinajstić information content (AvgIpc) is 2.44. The van der Waals surface area contributed by atoms with Crippen molar-refractivity contribution in [1.29, 1.82) is 0 Å². The number of hydrogen-bond donors (Lipinski definition) is 2. The van der Waals surface area contributed by atoms with Gasteiger partial charge in [-0.15, -0.1) is 0 Å². The van der Waals surface area contributed by atoms with Crippen LogP contribution in [0.2, 0.25) is 0 Å². The summed E-state index contributed by atoms with van der Waals surface area (Å²) in [4.78, 5) is 11.8. The molecule has 0 fully saturated rings. The highest BCUT2D eigenvalue weighted by Crippen LogP contribution is 2.09. The van der Waals surface area contributed by atoms with Gasteiger partial charge < -0.3 is 15.8 Å². The van der Waals surface area contributed by atoms with Crippen molar-refractivity contribution in [2.24, 2.45) is 11.7 Å². The van der Waals surface area contributed by atoms with Crippen molar-refractivity contribution in [2.45, 2.75) is 13.8 Å². The molecular weight excluding hydrogens is 271 g/mol. The van der Waals surface area contributed by atoms with Crippen molar-refractivity contribution in [2.75, 3.05) is 26.3 Å². The van der Waals surface area contributed by atoms with Gasteiger partial charge >= 0.3 is 0 Å². The number of amides is 1. The summed E-state index contributed by atoms with van der Waals surface area (Å²) < 4.78 is 19.2. The molecule has 1 rings (SSSR count). The van der Waals surface area contributed by atoms with Crippen molar-refractivity contribution < 1.29 is 13.9 Å². The van der Waals surface area contributed by atoms with Crippen molar-refractivity contribution in [3.05, 3.63) is 35.1 Å². The van der Waals surface area contributed by atoms with E-state index in [4.69, 9.17) is 10.5 Å². The first-order chi connectivity index (χ1) is 10.0. The Labute approximate surface area is 124 Å². The quantitative estimate of drug-likeness (QED) is 0.617. The summed E-state index contributed by atoms with van der Waals surface area (Å²) in [6.07, 6.45) is 0. The van der Waals surface area contributed by atoms with E-state index in [0.29, 0.717) is 31.2 Å². The molecule has 114 valence electrons. The molecule has 3 N–H and O–H groups in total. The van der Waals surface area contributed by atoms with Gasteiger partial charge in [0.1, 0.15) is 5.82 Å². The molecule has 4 nitrogen and oxygen atoms in total. The molecule has 1 aromatic rings. The Morgan fingerprint density at radius 1 is 1.48 bits per heavy atom. The van der Waals surface area contributed by atoms with E-state index in [1.807, 2.05) is 13.8 Å². The van der Waals surface area contributed by atoms with Gasteiger partial charge in [-0.1, -0.05) is 25.7 Å². The maximum Gasteiger partial charge on any atom is 0.254 e. The number of hydrogen-bond acceptors (Lipinski definition) is 3. The summed E-state index contributed by atoms with van der Waals surface area (Å²) in [6.45, 7) is 5.69. The number of rotatable bonds is 6. The summed E-state index contributed by atoms with van der Waals surface area (Å²) in [5, 5.41) is 2.62. The molecule has 21 heavy (non-hydrogen) atoms.